The molecule has 0 fully saturated rings. The van der Waals surface area contributed by atoms with Gasteiger partial charge in [-0.25, -0.2) is 0 Å². The molecule has 0 aliphatic rings. The number of esters is 1. The Morgan fingerprint density at radius 1 is 1.50 bits per heavy atom. The molecule has 0 heterocycles. The Balaban J connectivity index is 2.73. The van der Waals surface area contributed by atoms with Crippen molar-refractivity contribution < 1.29 is 19.2 Å². The number of non-ortho nitro benzene ring substituents is 1. The zero-order valence-electron chi connectivity index (χ0n) is 11.1. The molecule has 1 atom stereocenters. The van der Waals surface area contributed by atoms with Crippen LogP contribution in [0.4, 0.5) is 5.69 Å². The average Bonchev–Trinajstić information content (AvgIpc) is 2.39. The fourth-order valence-corrected chi connectivity index (χ4v) is 1.89. The fourth-order valence-electron chi connectivity index (χ4n) is 1.43. The van der Waals surface area contributed by atoms with E-state index in [9.17, 15) is 14.9 Å². The molecule has 7 nitrogen and oxygen atoms in total. The highest BCUT2D eigenvalue weighted by molar-refractivity contribution is 9.10. The van der Waals surface area contributed by atoms with E-state index in [4.69, 9.17) is 9.47 Å². The number of carbonyl (C=O) groups is 1. The van der Waals surface area contributed by atoms with Gasteiger partial charge in [0.2, 0.25) is 0 Å². The van der Waals surface area contributed by atoms with Gasteiger partial charge in [0.15, 0.2) is 0 Å². The van der Waals surface area contributed by atoms with E-state index in [1.165, 1.54) is 12.1 Å². The summed E-state index contributed by atoms with van der Waals surface area (Å²) < 4.78 is 10.8. The van der Waals surface area contributed by atoms with Gasteiger partial charge in [0, 0.05) is 10.5 Å². The highest BCUT2D eigenvalue weighted by Gasteiger charge is 2.19. The van der Waals surface area contributed by atoms with Crippen molar-refractivity contribution in [3.05, 3.63) is 32.8 Å². The number of hydrogen-bond donors (Lipinski definition) is 1. The summed E-state index contributed by atoms with van der Waals surface area (Å²) in [6.07, 6.45) is 0. The van der Waals surface area contributed by atoms with Crippen LogP contribution in [0.3, 0.4) is 0 Å². The minimum absolute atomic E-state index is 0.0168. The number of rotatable bonds is 7. The van der Waals surface area contributed by atoms with E-state index in [0.29, 0.717) is 10.2 Å². The molecule has 1 rings (SSSR count). The first-order valence-electron chi connectivity index (χ1n) is 5.89. The van der Waals surface area contributed by atoms with E-state index >= 15 is 0 Å². The predicted molar refractivity (Wildman–Crippen MR) is 75.8 cm³/mol. The van der Waals surface area contributed by atoms with E-state index < -0.39 is 16.9 Å². The number of carbonyl (C=O) groups excluding carboxylic acids is 1. The predicted octanol–water partition coefficient (Wildman–Crippen LogP) is 1.89. The first-order valence-corrected chi connectivity index (χ1v) is 6.69. The van der Waals surface area contributed by atoms with Crippen LogP contribution in [0.2, 0.25) is 0 Å². The van der Waals surface area contributed by atoms with Crippen LogP contribution in [0.1, 0.15) is 6.92 Å². The molecular weight excluding hydrogens is 332 g/mol. The monoisotopic (exact) mass is 346 g/mol. The van der Waals surface area contributed by atoms with Gasteiger partial charge < -0.3 is 14.8 Å². The lowest BCUT2D eigenvalue weighted by atomic mass is 10.3. The number of nitro benzene ring substituents is 1. The van der Waals surface area contributed by atoms with Gasteiger partial charge in [-0.2, -0.15) is 0 Å². The van der Waals surface area contributed by atoms with Crippen LogP contribution in [0.25, 0.3) is 0 Å². The number of likely N-dealkylation sites (N-methyl/N-ethyl adjacent to an activating group) is 1. The van der Waals surface area contributed by atoms with Gasteiger partial charge in [0.1, 0.15) is 18.4 Å². The summed E-state index contributed by atoms with van der Waals surface area (Å²) in [4.78, 5) is 21.8. The minimum Gasteiger partial charge on any atom is -0.491 e. The van der Waals surface area contributed by atoms with Gasteiger partial charge in [-0.3, -0.25) is 14.9 Å². The van der Waals surface area contributed by atoms with Gasteiger partial charge in [0.25, 0.3) is 5.69 Å². The van der Waals surface area contributed by atoms with Gasteiger partial charge in [-0.1, -0.05) is 15.9 Å². The lowest BCUT2D eigenvalue weighted by molar-refractivity contribution is -0.385. The van der Waals surface area contributed by atoms with Crippen molar-refractivity contribution in [1.29, 1.82) is 0 Å². The lowest BCUT2D eigenvalue weighted by Crippen LogP contribution is -2.40. The third kappa shape index (κ3) is 4.78. The van der Waals surface area contributed by atoms with Crippen molar-refractivity contribution in [3.8, 4) is 5.75 Å². The van der Waals surface area contributed by atoms with Crippen molar-refractivity contribution in [1.82, 2.24) is 5.32 Å². The standard InChI is InChI=1S/C12H15BrN2O5/c1-3-19-12(16)11(14-2)7-20-10-5-8(13)4-9(6-10)15(17)18/h4-6,11,14H,3,7H2,1-2H3. The van der Waals surface area contributed by atoms with Crippen LogP contribution in [0, 0.1) is 10.1 Å². The Labute approximate surface area is 124 Å². The van der Waals surface area contributed by atoms with Crippen LogP contribution in [-0.4, -0.2) is 37.2 Å². The Morgan fingerprint density at radius 3 is 2.75 bits per heavy atom. The quantitative estimate of drug-likeness (QED) is 0.460. The topological polar surface area (TPSA) is 90.7 Å². The van der Waals surface area contributed by atoms with E-state index in [-0.39, 0.29) is 18.9 Å². The molecule has 1 unspecified atom stereocenters. The Hall–Kier alpha value is -1.67. The molecule has 110 valence electrons. The Bertz CT molecular complexity index is 495. The summed E-state index contributed by atoms with van der Waals surface area (Å²) in [5.74, 6) is -0.130. The van der Waals surface area contributed by atoms with E-state index in [2.05, 4.69) is 21.2 Å². The minimum atomic E-state index is -0.631. The third-order valence-corrected chi connectivity index (χ3v) is 2.86. The van der Waals surface area contributed by atoms with Crippen LogP contribution in [0.15, 0.2) is 22.7 Å². The first-order chi connectivity index (χ1) is 9.47. The molecule has 0 saturated heterocycles. The molecule has 0 aliphatic carbocycles. The number of hydrogen-bond acceptors (Lipinski definition) is 6. The highest BCUT2D eigenvalue weighted by atomic mass is 79.9. The maximum absolute atomic E-state index is 11.6. The third-order valence-electron chi connectivity index (χ3n) is 2.40. The molecular formula is C12H15BrN2O5. The second-order valence-corrected chi connectivity index (χ2v) is 4.72. The maximum atomic E-state index is 11.6. The summed E-state index contributed by atoms with van der Waals surface area (Å²) in [6.45, 7) is 2.01. The Kier molecular flexibility index (Phi) is 6.40. The maximum Gasteiger partial charge on any atom is 0.326 e. The molecule has 1 aromatic carbocycles. The van der Waals surface area contributed by atoms with Crippen LogP contribution in [0.5, 0.6) is 5.75 Å². The largest absolute Gasteiger partial charge is 0.491 e. The van der Waals surface area contributed by atoms with Crippen molar-refractivity contribution in [3.63, 3.8) is 0 Å². The van der Waals surface area contributed by atoms with Crippen molar-refractivity contribution in [2.24, 2.45) is 0 Å². The number of nitro groups is 1. The summed E-state index contributed by atoms with van der Waals surface area (Å²) >= 11 is 3.17. The van der Waals surface area contributed by atoms with Gasteiger partial charge in [-0.05, 0) is 20.0 Å². The number of ether oxygens (including phenoxy) is 2. The molecule has 0 saturated carbocycles. The normalized spacial score (nSPS) is 11.8. The fraction of sp³-hybridized carbons (Fsp3) is 0.417. The average molecular weight is 347 g/mol. The van der Waals surface area contributed by atoms with Gasteiger partial charge in [-0.15, -0.1) is 0 Å². The molecule has 0 radical (unpaired) electrons. The summed E-state index contributed by atoms with van der Waals surface area (Å²) in [7, 11) is 1.61. The summed E-state index contributed by atoms with van der Waals surface area (Å²) in [5.41, 5.74) is -0.0912. The van der Waals surface area contributed by atoms with E-state index in [1.807, 2.05) is 0 Å². The zero-order chi connectivity index (χ0) is 15.1. The van der Waals surface area contributed by atoms with E-state index in [1.54, 1.807) is 20.0 Å². The molecule has 0 aromatic heterocycles. The molecule has 0 amide bonds. The molecule has 1 aromatic rings. The second kappa shape index (κ2) is 7.81. The number of nitrogens with one attached hydrogen (secondary N) is 1. The number of nitrogens with zero attached hydrogens (tertiary/aromatic N) is 1. The van der Waals surface area contributed by atoms with Crippen molar-refractivity contribution in [2.45, 2.75) is 13.0 Å². The van der Waals surface area contributed by atoms with E-state index in [0.717, 1.165) is 0 Å². The number of halogens is 1. The zero-order valence-corrected chi connectivity index (χ0v) is 12.7. The Morgan fingerprint density at radius 2 is 2.20 bits per heavy atom. The molecule has 1 N–H and O–H groups in total. The molecule has 20 heavy (non-hydrogen) atoms. The lowest BCUT2D eigenvalue weighted by Gasteiger charge is -2.15. The number of benzene rings is 1. The van der Waals surface area contributed by atoms with Crippen molar-refractivity contribution in [2.75, 3.05) is 20.3 Å². The SMILES string of the molecule is CCOC(=O)C(COc1cc(Br)cc([N+](=O)[O-])c1)NC. The smallest absolute Gasteiger partial charge is 0.326 e. The molecule has 8 heteroatoms. The first kappa shape index (κ1) is 16.4. The summed E-state index contributed by atoms with van der Waals surface area (Å²) in [5, 5.41) is 13.5. The molecule has 0 aliphatic heterocycles. The van der Waals surface area contributed by atoms with Crippen molar-refractivity contribution >= 4 is 27.6 Å². The highest BCUT2D eigenvalue weighted by Crippen LogP contribution is 2.26. The van der Waals surface area contributed by atoms with Gasteiger partial charge >= 0.3 is 5.97 Å². The molecule has 0 spiro atoms. The second-order valence-electron chi connectivity index (χ2n) is 3.81. The van der Waals surface area contributed by atoms with Crippen LogP contribution in [-0.2, 0) is 9.53 Å². The molecule has 0 bridgehead atoms. The van der Waals surface area contributed by atoms with Gasteiger partial charge in [0.05, 0.1) is 17.6 Å². The summed E-state index contributed by atoms with van der Waals surface area (Å²) in [6, 6.07) is 3.62. The van der Waals surface area contributed by atoms with Crippen LogP contribution >= 0.6 is 15.9 Å². The van der Waals surface area contributed by atoms with Crippen LogP contribution < -0.4 is 10.1 Å².